The van der Waals surface area contributed by atoms with Gasteiger partial charge in [0.15, 0.2) is 23.0 Å². The number of ether oxygens (including phenoxy) is 5. The lowest BCUT2D eigenvalue weighted by Crippen LogP contribution is -2.33. The van der Waals surface area contributed by atoms with Crippen LogP contribution in [0.4, 0.5) is 0 Å². The summed E-state index contributed by atoms with van der Waals surface area (Å²) in [6.07, 6.45) is 0.802. The maximum atomic E-state index is 13.3. The summed E-state index contributed by atoms with van der Waals surface area (Å²) in [6, 6.07) is 15.3. The molecule has 5 rings (SSSR count). The zero-order chi connectivity index (χ0) is 26.8. The molecule has 0 unspecified atom stereocenters. The van der Waals surface area contributed by atoms with E-state index in [1.165, 1.54) is 0 Å². The van der Waals surface area contributed by atoms with Crippen molar-refractivity contribution in [2.45, 2.75) is 19.9 Å². The van der Waals surface area contributed by atoms with E-state index in [1.54, 1.807) is 40.6 Å². The van der Waals surface area contributed by atoms with Crippen molar-refractivity contribution >= 4 is 11.0 Å². The molecule has 0 aliphatic carbocycles. The monoisotopic (exact) mass is 517 g/mol. The minimum atomic E-state index is -0.405. The molecule has 8 heteroatoms. The van der Waals surface area contributed by atoms with Crippen LogP contribution in [0.2, 0.25) is 0 Å². The molecule has 0 fully saturated rings. The molecule has 8 nitrogen and oxygen atoms in total. The topological polar surface area (TPSA) is 79.6 Å². The lowest BCUT2D eigenvalue weighted by molar-refractivity contribution is 0.0967. The third-order valence-corrected chi connectivity index (χ3v) is 7.02. The third-order valence-electron chi connectivity index (χ3n) is 7.02. The van der Waals surface area contributed by atoms with Gasteiger partial charge in [0.1, 0.15) is 18.1 Å². The van der Waals surface area contributed by atoms with Gasteiger partial charge in [0.25, 0.3) is 0 Å². The molecule has 0 N–H and O–H groups in total. The highest BCUT2D eigenvalue weighted by molar-refractivity contribution is 5.90. The second kappa shape index (κ2) is 10.7. The molecule has 198 valence electrons. The Morgan fingerprint density at radius 2 is 1.53 bits per heavy atom. The predicted octanol–water partition coefficient (Wildman–Crippen LogP) is 5.20. The first kappa shape index (κ1) is 25.5. The van der Waals surface area contributed by atoms with Gasteiger partial charge in [-0.2, -0.15) is 0 Å². The van der Waals surface area contributed by atoms with Gasteiger partial charge in [-0.05, 0) is 66.4 Å². The van der Waals surface area contributed by atoms with Crippen molar-refractivity contribution < 1.29 is 28.1 Å². The number of fused-ring (bicyclic) bond motifs is 3. The maximum Gasteiger partial charge on any atom is 0.344 e. The summed E-state index contributed by atoms with van der Waals surface area (Å²) >= 11 is 0. The summed E-state index contributed by atoms with van der Waals surface area (Å²) in [5.41, 5.74) is 4.21. The lowest BCUT2D eigenvalue weighted by Gasteiger charge is -2.29. The molecule has 3 aromatic carbocycles. The summed E-state index contributed by atoms with van der Waals surface area (Å²) in [6.45, 7) is 3.77. The van der Waals surface area contributed by atoms with Crippen LogP contribution in [0, 0.1) is 6.92 Å². The predicted molar refractivity (Wildman–Crippen MR) is 145 cm³/mol. The molecule has 38 heavy (non-hydrogen) atoms. The van der Waals surface area contributed by atoms with Gasteiger partial charge in [-0.3, -0.25) is 4.90 Å². The SMILES string of the molecule is COc1ccc(CCN2COc3ccc4c(C)c(-c5ccc(OC)c(OC)c5)c(=O)oc4c3C2)cc1OC. The van der Waals surface area contributed by atoms with Crippen LogP contribution in [0.5, 0.6) is 28.7 Å². The third kappa shape index (κ3) is 4.63. The molecule has 1 aliphatic heterocycles. The van der Waals surface area contributed by atoms with Crippen LogP contribution in [0.15, 0.2) is 57.7 Å². The van der Waals surface area contributed by atoms with Crippen molar-refractivity contribution in [1.82, 2.24) is 4.90 Å². The van der Waals surface area contributed by atoms with Gasteiger partial charge >= 0.3 is 5.63 Å². The molecular weight excluding hydrogens is 486 g/mol. The highest BCUT2D eigenvalue weighted by atomic mass is 16.5. The van der Waals surface area contributed by atoms with Crippen molar-refractivity contribution in [3.8, 4) is 39.9 Å². The summed E-state index contributed by atoms with van der Waals surface area (Å²) in [4.78, 5) is 15.5. The highest BCUT2D eigenvalue weighted by Crippen LogP contribution is 2.37. The number of rotatable bonds is 8. The van der Waals surface area contributed by atoms with E-state index in [-0.39, 0.29) is 0 Å². The van der Waals surface area contributed by atoms with Gasteiger partial charge in [0.05, 0.1) is 39.6 Å². The fourth-order valence-electron chi connectivity index (χ4n) is 4.96. The Labute approximate surface area is 221 Å². The van der Waals surface area contributed by atoms with E-state index >= 15 is 0 Å². The minimum absolute atomic E-state index is 0.405. The van der Waals surface area contributed by atoms with Crippen LogP contribution in [-0.2, 0) is 13.0 Å². The molecule has 4 aromatic rings. The molecule has 1 aliphatic rings. The van der Waals surface area contributed by atoms with Crippen LogP contribution in [0.25, 0.3) is 22.1 Å². The zero-order valence-corrected chi connectivity index (χ0v) is 22.3. The number of nitrogens with zero attached hydrogens (tertiary/aromatic N) is 1. The quantitative estimate of drug-likeness (QED) is 0.295. The first-order valence-corrected chi connectivity index (χ1v) is 12.3. The van der Waals surface area contributed by atoms with Crippen molar-refractivity contribution in [2.75, 3.05) is 41.7 Å². The summed E-state index contributed by atoms with van der Waals surface area (Å²) < 4.78 is 33.6. The van der Waals surface area contributed by atoms with E-state index in [0.717, 1.165) is 40.8 Å². The van der Waals surface area contributed by atoms with E-state index in [2.05, 4.69) is 4.90 Å². The van der Waals surface area contributed by atoms with E-state index in [4.69, 9.17) is 28.1 Å². The molecule has 0 saturated heterocycles. The van der Waals surface area contributed by atoms with Crippen LogP contribution < -0.4 is 29.3 Å². The number of methoxy groups -OCH3 is 4. The molecule has 0 spiro atoms. The molecule has 0 amide bonds. The largest absolute Gasteiger partial charge is 0.493 e. The second-order valence-corrected chi connectivity index (χ2v) is 9.14. The molecule has 1 aromatic heterocycles. The number of aryl methyl sites for hydroxylation is 1. The Kier molecular flexibility index (Phi) is 7.15. The van der Waals surface area contributed by atoms with E-state index in [1.807, 2.05) is 43.3 Å². The molecule has 2 heterocycles. The number of hydrogen-bond acceptors (Lipinski definition) is 8. The Balaban J connectivity index is 1.44. The molecule has 0 radical (unpaired) electrons. The van der Waals surface area contributed by atoms with E-state index < -0.39 is 5.63 Å². The van der Waals surface area contributed by atoms with Gasteiger partial charge in [0, 0.05) is 18.5 Å². The first-order valence-electron chi connectivity index (χ1n) is 12.3. The second-order valence-electron chi connectivity index (χ2n) is 9.14. The Morgan fingerprint density at radius 1 is 0.842 bits per heavy atom. The van der Waals surface area contributed by atoms with Crippen molar-refractivity contribution in [3.05, 3.63) is 75.6 Å². The van der Waals surface area contributed by atoms with Crippen LogP contribution in [-0.4, -0.2) is 46.6 Å². The van der Waals surface area contributed by atoms with Gasteiger partial charge < -0.3 is 28.1 Å². The maximum absolute atomic E-state index is 13.3. The lowest BCUT2D eigenvalue weighted by atomic mass is 9.97. The van der Waals surface area contributed by atoms with Crippen LogP contribution in [0.1, 0.15) is 16.7 Å². The zero-order valence-electron chi connectivity index (χ0n) is 22.3. The summed E-state index contributed by atoms with van der Waals surface area (Å²) in [7, 11) is 6.41. The molecule has 0 atom stereocenters. The van der Waals surface area contributed by atoms with Crippen molar-refractivity contribution in [1.29, 1.82) is 0 Å². The van der Waals surface area contributed by atoms with E-state index in [9.17, 15) is 4.79 Å². The fraction of sp³-hybridized carbons (Fsp3) is 0.300. The van der Waals surface area contributed by atoms with E-state index in [0.29, 0.717) is 53.0 Å². The van der Waals surface area contributed by atoms with Gasteiger partial charge in [0.2, 0.25) is 0 Å². The first-order chi connectivity index (χ1) is 18.5. The average molecular weight is 518 g/mol. The van der Waals surface area contributed by atoms with Crippen LogP contribution >= 0.6 is 0 Å². The number of hydrogen-bond donors (Lipinski definition) is 0. The average Bonchev–Trinajstić information content (AvgIpc) is 2.95. The minimum Gasteiger partial charge on any atom is -0.493 e. The van der Waals surface area contributed by atoms with Crippen LogP contribution in [0.3, 0.4) is 0 Å². The molecular formula is C30H31NO7. The molecule has 0 saturated carbocycles. The Morgan fingerprint density at radius 3 is 2.24 bits per heavy atom. The summed E-state index contributed by atoms with van der Waals surface area (Å²) in [5, 5.41) is 0.874. The van der Waals surface area contributed by atoms with Gasteiger partial charge in [-0.25, -0.2) is 4.79 Å². The summed E-state index contributed by atoms with van der Waals surface area (Å²) in [5.74, 6) is 3.29. The normalized spacial score (nSPS) is 13.1. The standard InChI is InChI=1S/C30H31NO7/c1-18-21-8-11-23-22(16-31(17-37-23)13-12-19-6-9-24(33-2)26(14-19)35-4)29(21)38-30(32)28(18)20-7-10-25(34-3)27(15-20)36-5/h6-11,14-15H,12-13,16-17H2,1-5H3. The van der Waals surface area contributed by atoms with Gasteiger partial charge in [-0.1, -0.05) is 12.1 Å². The highest BCUT2D eigenvalue weighted by Gasteiger charge is 2.24. The Bertz CT molecular complexity index is 1540. The number of benzene rings is 3. The van der Waals surface area contributed by atoms with Crippen molar-refractivity contribution in [3.63, 3.8) is 0 Å². The molecule has 0 bridgehead atoms. The smallest absolute Gasteiger partial charge is 0.344 e. The fourth-order valence-corrected chi connectivity index (χ4v) is 4.96. The van der Waals surface area contributed by atoms with Crippen molar-refractivity contribution in [2.24, 2.45) is 0 Å². The van der Waals surface area contributed by atoms with Gasteiger partial charge in [-0.15, -0.1) is 0 Å². The Hall–Kier alpha value is -4.17.